The summed E-state index contributed by atoms with van der Waals surface area (Å²) in [6, 6.07) is 11.5. The molecule has 2 aromatic rings. The summed E-state index contributed by atoms with van der Waals surface area (Å²) in [6.45, 7) is 6.75. The van der Waals surface area contributed by atoms with E-state index in [4.69, 9.17) is 22.1 Å². The minimum Gasteiger partial charge on any atom is -0.492 e. The quantitative estimate of drug-likeness (QED) is 0.908. The lowest BCUT2D eigenvalue weighted by atomic mass is 9.96. The maximum absolute atomic E-state index is 6.24. The fraction of sp³-hybridized carbons (Fsp3) is 0.294. The van der Waals surface area contributed by atoms with E-state index in [0.717, 1.165) is 11.3 Å². The van der Waals surface area contributed by atoms with Crippen LogP contribution >= 0.6 is 11.6 Å². The molecule has 106 valence electrons. The molecule has 2 aromatic carbocycles. The van der Waals surface area contributed by atoms with Crippen molar-refractivity contribution in [2.45, 2.75) is 26.8 Å². The standard InChI is InChI=1S/C17H20ClNO/c1-11-8-13(3)16(9-12(11)2)17(19)10-20-15-6-4-14(18)5-7-15/h4-9,17H,10,19H2,1-3H3. The van der Waals surface area contributed by atoms with Crippen LogP contribution in [0.25, 0.3) is 0 Å². The Kier molecular flexibility index (Phi) is 4.69. The first-order valence-corrected chi connectivity index (χ1v) is 7.07. The van der Waals surface area contributed by atoms with Gasteiger partial charge in [0.25, 0.3) is 0 Å². The summed E-state index contributed by atoms with van der Waals surface area (Å²) in [7, 11) is 0. The lowest BCUT2D eigenvalue weighted by Crippen LogP contribution is -2.20. The molecule has 1 unspecified atom stereocenters. The molecule has 0 saturated heterocycles. The molecule has 2 rings (SSSR count). The zero-order valence-corrected chi connectivity index (χ0v) is 12.9. The first-order chi connectivity index (χ1) is 9.47. The van der Waals surface area contributed by atoms with Crippen molar-refractivity contribution in [1.29, 1.82) is 0 Å². The van der Waals surface area contributed by atoms with E-state index in [1.807, 2.05) is 24.3 Å². The molecule has 0 fully saturated rings. The van der Waals surface area contributed by atoms with Crippen molar-refractivity contribution < 1.29 is 4.74 Å². The molecule has 1 atom stereocenters. The average molecular weight is 290 g/mol. The van der Waals surface area contributed by atoms with Crippen LogP contribution in [0.4, 0.5) is 0 Å². The van der Waals surface area contributed by atoms with E-state index < -0.39 is 0 Å². The molecule has 0 heterocycles. The van der Waals surface area contributed by atoms with Crippen molar-refractivity contribution in [3.63, 3.8) is 0 Å². The molecular weight excluding hydrogens is 270 g/mol. The van der Waals surface area contributed by atoms with Gasteiger partial charge in [0.2, 0.25) is 0 Å². The Bertz CT molecular complexity index is 593. The average Bonchev–Trinajstić information content (AvgIpc) is 2.42. The fourth-order valence-electron chi connectivity index (χ4n) is 2.19. The van der Waals surface area contributed by atoms with Gasteiger partial charge >= 0.3 is 0 Å². The van der Waals surface area contributed by atoms with E-state index in [1.54, 1.807) is 0 Å². The summed E-state index contributed by atoms with van der Waals surface area (Å²) in [5, 5.41) is 0.701. The number of ether oxygens (including phenoxy) is 1. The van der Waals surface area contributed by atoms with E-state index in [0.29, 0.717) is 11.6 Å². The van der Waals surface area contributed by atoms with Gasteiger partial charge in [0.05, 0.1) is 6.04 Å². The van der Waals surface area contributed by atoms with Gasteiger partial charge in [-0.1, -0.05) is 23.7 Å². The summed E-state index contributed by atoms with van der Waals surface area (Å²) in [6.07, 6.45) is 0. The molecule has 0 spiro atoms. The molecule has 0 radical (unpaired) electrons. The van der Waals surface area contributed by atoms with Gasteiger partial charge in [-0.3, -0.25) is 0 Å². The van der Waals surface area contributed by atoms with Crippen molar-refractivity contribution in [2.24, 2.45) is 5.73 Å². The van der Waals surface area contributed by atoms with E-state index in [9.17, 15) is 0 Å². The zero-order valence-electron chi connectivity index (χ0n) is 12.1. The Labute approximate surface area is 125 Å². The van der Waals surface area contributed by atoms with Crippen LogP contribution < -0.4 is 10.5 Å². The summed E-state index contributed by atoms with van der Waals surface area (Å²) < 4.78 is 5.72. The number of aryl methyl sites for hydroxylation is 3. The second kappa shape index (κ2) is 6.29. The number of halogens is 1. The SMILES string of the molecule is Cc1cc(C)c(C(N)COc2ccc(Cl)cc2)cc1C. The van der Waals surface area contributed by atoms with Crippen LogP contribution in [0.15, 0.2) is 36.4 Å². The highest BCUT2D eigenvalue weighted by atomic mass is 35.5. The van der Waals surface area contributed by atoms with Crippen LogP contribution in [0.5, 0.6) is 5.75 Å². The predicted molar refractivity (Wildman–Crippen MR) is 84.5 cm³/mol. The number of rotatable bonds is 4. The highest BCUT2D eigenvalue weighted by molar-refractivity contribution is 6.30. The van der Waals surface area contributed by atoms with Crippen LogP contribution in [0, 0.1) is 20.8 Å². The normalized spacial score (nSPS) is 12.2. The van der Waals surface area contributed by atoms with E-state index in [2.05, 4.69) is 32.9 Å². The highest BCUT2D eigenvalue weighted by Crippen LogP contribution is 2.22. The summed E-state index contributed by atoms with van der Waals surface area (Å²) in [5.74, 6) is 0.784. The van der Waals surface area contributed by atoms with E-state index in [-0.39, 0.29) is 6.04 Å². The zero-order chi connectivity index (χ0) is 14.7. The Morgan fingerprint density at radius 1 is 1.00 bits per heavy atom. The molecule has 0 aliphatic heterocycles. The molecule has 0 aromatic heterocycles. The van der Waals surface area contributed by atoms with Crippen molar-refractivity contribution in [3.8, 4) is 5.75 Å². The molecule has 20 heavy (non-hydrogen) atoms. The van der Waals surface area contributed by atoms with Crippen LogP contribution in [-0.4, -0.2) is 6.61 Å². The second-order valence-electron chi connectivity index (χ2n) is 5.16. The number of nitrogens with two attached hydrogens (primary N) is 1. The Morgan fingerprint density at radius 3 is 2.25 bits per heavy atom. The number of hydrogen-bond donors (Lipinski definition) is 1. The lowest BCUT2D eigenvalue weighted by molar-refractivity contribution is 0.290. The fourth-order valence-corrected chi connectivity index (χ4v) is 2.31. The van der Waals surface area contributed by atoms with Gasteiger partial charge in [-0.25, -0.2) is 0 Å². The highest BCUT2D eigenvalue weighted by Gasteiger charge is 2.11. The van der Waals surface area contributed by atoms with Gasteiger partial charge in [-0.05, 0) is 67.3 Å². The Balaban J connectivity index is 2.06. The molecule has 0 saturated carbocycles. The van der Waals surface area contributed by atoms with Crippen molar-refractivity contribution in [1.82, 2.24) is 0 Å². The van der Waals surface area contributed by atoms with Crippen molar-refractivity contribution in [3.05, 3.63) is 63.7 Å². The maximum atomic E-state index is 6.24. The summed E-state index contributed by atoms with van der Waals surface area (Å²) in [4.78, 5) is 0. The van der Waals surface area contributed by atoms with Gasteiger partial charge in [0, 0.05) is 5.02 Å². The molecule has 0 aliphatic carbocycles. The third-order valence-electron chi connectivity index (χ3n) is 3.53. The summed E-state index contributed by atoms with van der Waals surface area (Å²) >= 11 is 5.84. The third kappa shape index (κ3) is 3.53. The Hall–Kier alpha value is -1.51. The van der Waals surface area contributed by atoms with Crippen LogP contribution in [-0.2, 0) is 0 Å². The first-order valence-electron chi connectivity index (χ1n) is 6.69. The summed E-state index contributed by atoms with van der Waals surface area (Å²) in [5.41, 5.74) is 11.1. The molecule has 0 aliphatic rings. The predicted octanol–water partition coefficient (Wildman–Crippen LogP) is 4.34. The molecule has 2 N–H and O–H groups in total. The monoisotopic (exact) mass is 289 g/mol. The smallest absolute Gasteiger partial charge is 0.119 e. The van der Waals surface area contributed by atoms with Gasteiger partial charge in [-0.15, -0.1) is 0 Å². The third-order valence-corrected chi connectivity index (χ3v) is 3.78. The molecule has 0 bridgehead atoms. The molecule has 2 nitrogen and oxygen atoms in total. The number of hydrogen-bond acceptors (Lipinski definition) is 2. The Morgan fingerprint density at radius 2 is 1.60 bits per heavy atom. The van der Waals surface area contributed by atoms with Crippen LogP contribution in [0.3, 0.4) is 0 Å². The largest absolute Gasteiger partial charge is 0.492 e. The topological polar surface area (TPSA) is 35.2 Å². The van der Waals surface area contributed by atoms with E-state index in [1.165, 1.54) is 16.7 Å². The minimum absolute atomic E-state index is 0.134. The molecule has 0 amide bonds. The van der Waals surface area contributed by atoms with Gasteiger partial charge in [0.1, 0.15) is 12.4 Å². The van der Waals surface area contributed by atoms with Crippen molar-refractivity contribution >= 4 is 11.6 Å². The van der Waals surface area contributed by atoms with Gasteiger partial charge in [0.15, 0.2) is 0 Å². The van der Waals surface area contributed by atoms with Gasteiger partial charge < -0.3 is 10.5 Å². The van der Waals surface area contributed by atoms with Gasteiger partial charge in [-0.2, -0.15) is 0 Å². The maximum Gasteiger partial charge on any atom is 0.119 e. The second-order valence-corrected chi connectivity index (χ2v) is 5.60. The molecule has 3 heteroatoms. The van der Waals surface area contributed by atoms with E-state index >= 15 is 0 Å². The van der Waals surface area contributed by atoms with Crippen molar-refractivity contribution in [2.75, 3.05) is 6.61 Å². The lowest BCUT2D eigenvalue weighted by Gasteiger charge is -2.17. The van der Waals surface area contributed by atoms with Crippen LogP contribution in [0.1, 0.15) is 28.3 Å². The minimum atomic E-state index is -0.134. The van der Waals surface area contributed by atoms with Crippen LogP contribution in [0.2, 0.25) is 5.02 Å². The first kappa shape index (κ1) is 14.9. The molecular formula is C17H20ClNO. The number of benzene rings is 2.